The first kappa shape index (κ1) is 24.2. The lowest BCUT2D eigenvalue weighted by Crippen LogP contribution is -2.54. The first-order valence-corrected chi connectivity index (χ1v) is 12.5. The summed E-state index contributed by atoms with van der Waals surface area (Å²) in [6, 6.07) is 9.22. The van der Waals surface area contributed by atoms with E-state index >= 15 is 0 Å². The van der Waals surface area contributed by atoms with E-state index in [1.54, 1.807) is 0 Å². The highest BCUT2D eigenvalue weighted by Crippen LogP contribution is 2.35. The van der Waals surface area contributed by atoms with Gasteiger partial charge in [-0.05, 0) is 48.8 Å². The summed E-state index contributed by atoms with van der Waals surface area (Å²) >= 11 is 0. The Labute approximate surface area is 189 Å². The summed E-state index contributed by atoms with van der Waals surface area (Å²) in [4.78, 5) is 19.9. The zero-order valence-electron chi connectivity index (χ0n) is 19.9. The summed E-state index contributed by atoms with van der Waals surface area (Å²) < 4.78 is 0. The van der Waals surface area contributed by atoms with Gasteiger partial charge in [0.25, 0.3) is 0 Å². The molecule has 0 aromatic heterocycles. The van der Waals surface area contributed by atoms with Gasteiger partial charge in [0.1, 0.15) is 0 Å². The molecule has 5 heteroatoms. The second kappa shape index (κ2) is 12.0. The number of aliphatic hydroxyl groups is 1. The molecule has 0 radical (unpaired) electrons. The van der Waals surface area contributed by atoms with Gasteiger partial charge >= 0.3 is 0 Å². The van der Waals surface area contributed by atoms with Crippen molar-refractivity contribution < 1.29 is 9.90 Å². The van der Waals surface area contributed by atoms with E-state index < -0.39 is 0 Å². The van der Waals surface area contributed by atoms with Gasteiger partial charge in [-0.2, -0.15) is 0 Å². The van der Waals surface area contributed by atoms with Crippen molar-refractivity contribution in [3.63, 3.8) is 0 Å². The number of nitrogens with zero attached hydrogens (tertiary/aromatic N) is 3. The number of β-amino-alcohol motifs (C(OH)–C–C–N with tert-alkyl or cyclic N) is 1. The van der Waals surface area contributed by atoms with Crippen LogP contribution in [0.1, 0.15) is 70.8 Å². The molecule has 2 aliphatic rings. The van der Waals surface area contributed by atoms with Crippen molar-refractivity contribution in [2.24, 2.45) is 5.92 Å². The molecule has 174 valence electrons. The monoisotopic (exact) mass is 429 g/mol. The smallest absolute Gasteiger partial charge is 0.226 e. The largest absolute Gasteiger partial charge is 0.395 e. The molecular formula is C26H43N3O2. The maximum atomic E-state index is 13.0. The average molecular weight is 430 g/mol. The van der Waals surface area contributed by atoms with Crippen LogP contribution in [0, 0.1) is 5.92 Å². The van der Waals surface area contributed by atoms with Crippen molar-refractivity contribution in [1.29, 1.82) is 0 Å². The van der Waals surface area contributed by atoms with Crippen molar-refractivity contribution >= 4 is 11.6 Å². The van der Waals surface area contributed by atoms with Crippen LogP contribution in [0.4, 0.5) is 5.69 Å². The first-order chi connectivity index (χ1) is 15.0. The quantitative estimate of drug-likeness (QED) is 0.608. The molecule has 1 heterocycles. The molecule has 1 N–H and O–H groups in total. The molecule has 1 saturated carbocycles. The maximum Gasteiger partial charge on any atom is 0.226 e. The highest BCUT2D eigenvalue weighted by Gasteiger charge is 2.28. The van der Waals surface area contributed by atoms with E-state index in [1.807, 2.05) is 11.8 Å². The van der Waals surface area contributed by atoms with Gasteiger partial charge in [0.2, 0.25) is 5.91 Å². The molecule has 1 amide bonds. The van der Waals surface area contributed by atoms with Crippen molar-refractivity contribution in [1.82, 2.24) is 9.80 Å². The van der Waals surface area contributed by atoms with Gasteiger partial charge in [0.05, 0.1) is 6.61 Å². The van der Waals surface area contributed by atoms with Gasteiger partial charge in [0.15, 0.2) is 0 Å². The number of hydrogen-bond acceptors (Lipinski definition) is 4. The number of benzene rings is 1. The topological polar surface area (TPSA) is 47.0 Å². The fourth-order valence-corrected chi connectivity index (χ4v) is 5.32. The predicted octanol–water partition coefficient (Wildman–Crippen LogP) is 4.11. The minimum absolute atomic E-state index is 0.210. The van der Waals surface area contributed by atoms with Crippen LogP contribution in [-0.4, -0.2) is 72.7 Å². The zero-order valence-corrected chi connectivity index (χ0v) is 19.9. The van der Waals surface area contributed by atoms with Gasteiger partial charge in [-0.3, -0.25) is 14.6 Å². The Morgan fingerprint density at radius 2 is 1.74 bits per heavy atom. The molecule has 5 nitrogen and oxygen atoms in total. The van der Waals surface area contributed by atoms with Gasteiger partial charge < -0.3 is 10.0 Å². The van der Waals surface area contributed by atoms with E-state index in [-0.39, 0.29) is 12.5 Å². The number of rotatable bonds is 10. The van der Waals surface area contributed by atoms with Crippen LogP contribution in [0.5, 0.6) is 0 Å². The van der Waals surface area contributed by atoms with Crippen LogP contribution in [0.3, 0.4) is 0 Å². The molecule has 1 aliphatic carbocycles. The summed E-state index contributed by atoms with van der Waals surface area (Å²) in [5, 5.41) is 9.24. The Morgan fingerprint density at radius 3 is 2.29 bits per heavy atom. The highest BCUT2D eigenvalue weighted by molar-refractivity contribution is 5.93. The molecule has 3 rings (SSSR count). The SMILES string of the molecule is CCC(=O)N(CC(CC(C)C)N1CCN(CCO)CC1)c1ccc(C2CCCC2)cc1. The number of carbonyl (C=O) groups is 1. The Balaban J connectivity index is 1.72. The molecular weight excluding hydrogens is 386 g/mol. The van der Waals surface area contributed by atoms with Crippen molar-refractivity contribution in [2.45, 2.75) is 71.3 Å². The molecule has 31 heavy (non-hydrogen) atoms. The van der Waals surface area contributed by atoms with Crippen LogP contribution in [0.25, 0.3) is 0 Å². The van der Waals surface area contributed by atoms with Crippen molar-refractivity contribution in [3.05, 3.63) is 29.8 Å². The summed E-state index contributed by atoms with van der Waals surface area (Å²) in [6.45, 7) is 12.3. The number of carbonyl (C=O) groups excluding carboxylic acids is 1. The lowest BCUT2D eigenvalue weighted by atomic mass is 9.97. The Hall–Kier alpha value is -1.43. The third-order valence-electron chi connectivity index (χ3n) is 7.11. The maximum absolute atomic E-state index is 13.0. The second-order valence-electron chi connectivity index (χ2n) is 9.82. The second-order valence-corrected chi connectivity index (χ2v) is 9.82. The van der Waals surface area contributed by atoms with E-state index in [9.17, 15) is 9.90 Å². The van der Waals surface area contributed by atoms with Gasteiger partial charge in [-0.15, -0.1) is 0 Å². The summed E-state index contributed by atoms with van der Waals surface area (Å²) in [5.74, 6) is 1.50. The molecule has 0 bridgehead atoms. The van der Waals surface area contributed by atoms with Gasteiger partial charge in [0, 0.05) is 57.4 Å². The van der Waals surface area contributed by atoms with Crippen LogP contribution in [0.2, 0.25) is 0 Å². The molecule has 1 unspecified atom stereocenters. The molecule has 1 aromatic carbocycles. The van der Waals surface area contributed by atoms with E-state index in [1.165, 1.54) is 31.2 Å². The lowest BCUT2D eigenvalue weighted by Gasteiger charge is -2.41. The fraction of sp³-hybridized carbons (Fsp3) is 0.731. The number of aliphatic hydroxyl groups excluding tert-OH is 1. The lowest BCUT2D eigenvalue weighted by molar-refractivity contribution is -0.118. The molecule has 1 atom stereocenters. The van der Waals surface area contributed by atoms with E-state index in [4.69, 9.17) is 0 Å². The standard InChI is InChI=1S/C26H43N3O2/c1-4-26(31)29(24-11-9-23(10-12-24)22-7-5-6-8-22)20-25(19-21(2)3)28-15-13-27(14-16-28)17-18-30/h9-12,21-22,25,30H,4-8,13-20H2,1-3H3. The fourth-order valence-electron chi connectivity index (χ4n) is 5.32. The molecule has 0 spiro atoms. The first-order valence-electron chi connectivity index (χ1n) is 12.5. The van der Waals surface area contributed by atoms with E-state index in [0.29, 0.717) is 24.3 Å². The highest BCUT2D eigenvalue weighted by atomic mass is 16.3. The minimum atomic E-state index is 0.210. The van der Waals surface area contributed by atoms with Crippen LogP contribution in [-0.2, 0) is 4.79 Å². The number of amides is 1. The number of hydrogen-bond donors (Lipinski definition) is 1. The summed E-state index contributed by atoms with van der Waals surface area (Å²) in [6.07, 6.45) is 6.91. The van der Waals surface area contributed by atoms with Crippen LogP contribution in [0.15, 0.2) is 24.3 Å². The average Bonchev–Trinajstić information content (AvgIpc) is 3.32. The zero-order chi connectivity index (χ0) is 22.2. The molecule has 1 aromatic rings. The van der Waals surface area contributed by atoms with Crippen molar-refractivity contribution in [3.8, 4) is 0 Å². The Kier molecular flexibility index (Phi) is 9.36. The predicted molar refractivity (Wildman–Crippen MR) is 129 cm³/mol. The minimum Gasteiger partial charge on any atom is -0.395 e. The Bertz CT molecular complexity index is 662. The van der Waals surface area contributed by atoms with Crippen LogP contribution >= 0.6 is 0 Å². The summed E-state index contributed by atoms with van der Waals surface area (Å²) in [7, 11) is 0. The Morgan fingerprint density at radius 1 is 1.10 bits per heavy atom. The summed E-state index contributed by atoms with van der Waals surface area (Å²) in [5.41, 5.74) is 2.48. The molecule has 1 aliphatic heterocycles. The van der Waals surface area contributed by atoms with Gasteiger partial charge in [-0.1, -0.05) is 45.7 Å². The van der Waals surface area contributed by atoms with Crippen LogP contribution < -0.4 is 4.90 Å². The third kappa shape index (κ3) is 6.77. The van der Waals surface area contributed by atoms with E-state index in [0.717, 1.165) is 51.4 Å². The number of anilines is 1. The molecule has 1 saturated heterocycles. The van der Waals surface area contributed by atoms with E-state index in [2.05, 4.69) is 47.9 Å². The van der Waals surface area contributed by atoms with Crippen molar-refractivity contribution in [2.75, 3.05) is 50.8 Å². The number of piperazine rings is 1. The normalized spacial score (nSPS) is 19.8. The third-order valence-corrected chi connectivity index (χ3v) is 7.11. The molecule has 2 fully saturated rings. The van der Waals surface area contributed by atoms with Gasteiger partial charge in [-0.25, -0.2) is 0 Å².